The molecule has 0 radical (unpaired) electrons. The van der Waals surface area contributed by atoms with Gasteiger partial charge in [-0.15, -0.1) is 0 Å². The van der Waals surface area contributed by atoms with Crippen LogP contribution in [0.15, 0.2) is 0 Å². The highest BCUT2D eigenvalue weighted by Gasteiger charge is 2.19. The minimum atomic E-state index is 0.327. The minimum Gasteiger partial charge on any atom is -0.396 e. The van der Waals surface area contributed by atoms with Crippen molar-refractivity contribution in [1.82, 2.24) is 10.2 Å². The third-order valence-corrected chi connectivity index (χ3v) is 3.28. The van der Waals surface area contributed by atoms with E-state index in [0.29, 0.717) is 18.7 Å². The van der Waals surface area contributed by atoms with Crippen LogP contribution in [0.5, 0.6) is 0 Å². The maximum absolute atomic E-state index is 8.66. The second kappa shape index (κ2) is 7.20. The Labute approximate surface area is 93.9 Å². The number of piperidine rings is 1. The molecule has 2 N–H and O–H groups in total. The Morgan fingerprint density at radius 3 is 2.47 bits per heavy atom. The van der Waals surface area contributed by atoms with Gasteiger partial charge >= 0.3 is 0 Å². The van der Waals surface area contributed by atoms with Crippen molar-refractivity contribution in [3.63, 3.8) is 0 Å². The Morgan fingerprint density at radius 1 is 1.27 bits per heavy atom. The summed E-state index contributed by atoms with van der Waals surface area (Å²) in [5.41, 5.74) is 0. The van der Waals surface area contributed by atoms with E-state index < -0.39 is 0 Å². The predicted octanol–water partition coefficient (Wildman–Crippen LogP) is 1.22. The average molecular weight is 214 g/mol. The van der Waals surface area contributed by atoms with E-state index in [1.54, 1.807) is 0 Å². The maximum Gasteiger partial charge on any atom is 0.0431 e. The second-order valence-corrected chi connectivity index (χ2v) is 4.79. The van der Waals surface area contributed by atoms with Crippen molar-refractivity contribution in [2.45, 2.75) is 51.6 Å². The molecular formula is C12H26N2O. The molecule has 0 unspecified atom stereocenters. The van der Waals surface area contributed by atoms with Crippen LogP contribution >= 0.6 is 0 Å². The minimum absolute atomic E-state index is 0.327. The van der Waals surface area contributed by atoms with Gasteiger partial charge < -0.3 is 15.3 Å². The molecule has 1 rings (SSSR count). The highest BCUT2D eigenvalue weighted by atomic mass is 16.2. The van der Waals surface area contributed by atoms with E-state index in [2.05, 4.69) is 24.1 Å². The lowest BCUT2D eigenvalue weighted by Gasteiger charge is -2.35. The summed E-state index contributed by atoms with van der Waals surface area (Å²) >= 11 is 0. The molecule has 1 fully saturated rings. The summed E-state index contributed by atoms with van der Waals surface area (Å²) in [7, 11) is 0. The number of likely N-dealkylation sites (tertiary alicyclic amines) is 1. The van der Waals surface area contributed by atoms with Crippen molar-refractivity contribution in [3.8, 4) is 0 Å². The molecule has 0 spiro atoms. The lowest BCUT2D eigenvalue weighted by Crippen LogP contribution is -2.45. The topological polar surface area (TPSA) is 35.5 Å². The van der Waals surface area contributed by atoms with Crippen LogP contribution in [0.1, 0.15) is 39.5 Å². The molecule has 15 heavy (non-hydrogen) atoms. The molecule has 0 aliphatic carbocycles. The molecule has 3 nitrogen and oxygen atoms in total. The zero-order valence-corrected chi connectivity index (χ0v) is 10.2. The molecule has 0 atom stereocenters. The lowest BCUT2D eigenvalue weighted by molar-refractivity contribution is 0.161. The highest BCUT2D eigenvalue weighted by Crippen LogP contribution is 2.12. The van der Waals surface area contributed by atoms with Crippen molar-refractivity contribution >= 4 is 0 Å². The van der Waals surface area contributed by atoms with Crippen molar-refractivity contribution < 1.29 is 5.11 Å². The Morgan fingerprint density at radius 2 is 1.93 bits per heavy atom. The zero-order chi connectivity index (χ0) is 11.1. The smallest absolute Gasteiger partial charge is 0.0431 e. The summed E-state index contributed by atoms with van der Waals surface area (Å²) in [4.78, 5) is 2.55. The molecule has 1 aliphatic heterocycles. The van der Waals surface area contributed by atoms with Crippen molar-refractivity contribution in [1.29, 1.82) is 0 Å². The van der Waals surface area contributed by atoms with Gasteiger partial charge in [-0.3, -0.25) is 0 Å². The zero-order valence-electron chi connectivity index (χ0n) is 10.2. The first kappa shape index (κ1) is 12.9. The molecule has 0 aromatic rings. The number of rotatable bonds is 6. The van der Waals surface area contributed by atoms with Gasteiger partial charge in [0.25, 0.3) is 0 Å². The van der Waals surface area contributed by atoms with E-state index in [0.717, 1.165) is 19.4 Å². The van der Waals surface area contributed by atoms with Crippen LogP contribution in [-0.4, -0.2) is 48.3 Å². The van der Waals surface area contributed by atoms with Gasteiger partial charge in [0.2, 0.25) is 0 Å². The summed E-state index contributed by atoms with van der Waals surface area (Å²) in [5, 5.41) is 12.2. The van der Waals surface area contributed by atoms with E-state index in [1.807, 2.05) is 0 Å². The van der Waals surface area contributed by atoms with Crippen molar-refractivity contribution in [2.75, 3.05) is 26.2 Å². The number of hydrogen-bond donors (Lipinski definition) is 2. The number of unbranched alkanes of at least 4 members (excludes halogenated alkanes) is 1. The quantitative estimate of drug-likeness (QED) is 0.653. The summed E-state index contributed by atoms with van der Waals surface area (Å²) < 4.78 is 0. The Bertz CT molecular complexity index is 154. The Kier molecular flexibility index (Phi) is 6.22. The van der Waals surface area contributed by atoms with E-state index in [4.69, 9.17) is 5.11 Å². The van der Waals surface area contributed by atoms with Crippen LogP contribution in [0.4, 0.5) is 0 Å². The van der Waals surface area contributed by atoms with Gasteiger partial charge in [-0.2, -0.15) is 0 Å². The van der Waals surface area contributed by atoms with E-state index >= 15 is 0 Å². The largest absolute Gasteiger partial charge is 0.396 e. The van der Waals surface area contributed by atoms with Gasteiger partial charge in [0.05, 0.1) is 0 Å². The van der Waals surface area contributed by atoms with Crippen molar-refractivity contribution in [3.05, 3.63) is 0 Å². The van der Waals surface area contributed by atoms with Gasteiger partial charge in [-0.1, -0.05) is 0 Å². The number of nitrogens with zero attached hydrogens (tertiary/aromatic N) is 1. The molecule has 1 saturated heterocycles. The number of aliphatic hydroxyl groups excluding tert-OH is 1. The van der Waals surface area contributed by atoms with Gasteiger partial charge in [0.1, 0.15) is 0 Å². The number of nitrogens with one attached hydrogen (secondary N) is 1. The normalized spacial score (nSPS) is 20.0. The van der Waals surface area contributed by atoms with E-state index in [-0.39, 0.29) is 0 Å². The molecule has 3 heteroatoms. The number of aliphatic hydroxyl groups is 1. The van der Waals surface area contributed by atoms with Gasteiger partial charge in [-0.05, 0) is 59.2 Å². The second-order valence-electron chi connectivity index (χ2n) is 4.79. The Hall–Kier alpha value is -0.120. The molecule has 1 aliphatic rings. The van der Waals surface area contributed by atoms with Gasteiger partial charge in [0, 0.05) is 18.7 Å². The summed E-state index contributed by atoms with van der Waals surface area (Å²) in [6.07, 6.45) is 4.58. The fourth-order valence-electron chi connectivity index (χ4n) is 2.16. The molecular weight excluding hydrogens is 188 g/mol. The average Bonchev–Trinajstić information content (AvgIpc) is 2.25. The van der Waals surface area contributed by atoms with Crippen LogP contribution < -0.4 is 5.32 Å². The monoisotopic (exact) mass is 214 g/mol. The standard InChI is InChI=1S/C12H26N2O/c1-11(2)14-8-5-12(6-9-14)13-7-3-4-10-15/h11-13,15H,3-10H2,1-2H3. The molecule has 0 amide bonds. The molecule has 0 saturated carbocycles. The molecule has 0 bridgehead atoms. The van der Waals surface area contributed by atoms with Crippen LogP contribution in [0.25, 0.3) is 0 Å². The third kappa shape index (κ3) is 4.96. The van der Waals surface area contributed by atoms with Gasteiger partial charge in [0.15, 0.2) is 0 Å². The first-order valence-corrected chi connectivity index (χ1v) is 6.32. The van der Waals surface area contributed by atoms with Crippen LogP contribution in [-0.2, 0) is 0 Å². The van der Waals surface area contributed by atoms with Crippen LogP contribution in [0.2, 0.25) is 0 Å². The molecule has 1 heterocycles. The first-order chi connectivity index (χ1) is 7.24. The third-order valence-electron chi connectivity index (χ3n) is 3.28. The molecule has 0 aromatic heterocycles. The van der Waals surface area contributed by atoms with Gasteiger partial charge in [-0.25, -0.2) is 0 Å². The lowest BCUT2D eigenvalue weighted by atomic mass is 10.0. The van der Waals surface area contributed by atoms with E-state index in [1.165, 1.54) is 25.9 Å². The fraction of sp³-hybridized carbons (Fsp3) is 1.00. The number of hydrogen-bond acceptors (Lipinski definition) is 3. The van der Waals surface area contributed by atoms with E-state index in [9.17, 15) is 0 Å². The highest BCUT2D eigenvalue weighted by molar-refractivity contribution is 4.78. The van der Waals surface area contributed by atoms with Crippen LogP contribution in [0.3, 0.4) is 0 Å². The maximum atomic E-state index is 8.66. The van der Waals surface area contributed by atoms with Crippen LogP contribution in [0, 0.1) is 0 Å². The fourth-order valence-corrected chi connectivity index (χ4v) is 2.16. The molecule has 0 aromatic carbocycles. The SMILES string of the molecule is CC(C)N1CCC(NCCCCO)CC1. The summed E-state index contributed by atoms with van der Waals surface area (Å²) in [6.45, 7) is 8.40. The van der Waals surface area contributed by atoms with Crippen molar-refractivity contribution in [2.24, 2.45) is 0 Å². The molecule has 90 valence electrons. The first-order valence-electron chi connectivity index (χ1n) is 6.32. The summed E-state index contributed by atoms with van der Waals surface area (Å²) in [6, 6.07) is 1.40. The Balaban J connectivity index is 2.04. The predicted molar refractivity (Wildman–Crippen MR) is 64.1 cm³/mol. The summed E-state index contributed by atoms with van der Waals surface area (Å²) in [5.74, 6) is 0.